The number of ether oxygens (including phenoxy) is 1. The van der Waals surface area contributed by atoms with Gasteiger partial charge in [-0.3, -0.25) is 0 Å². The molecule has 1 aliphatic heterocycles. The second-order valence-electron chi connectivity index (χ2n) is 7.47. The van der Waals surface area contributed by atoms with E-state index in [1.165, 1.54) is 64.0 Å². The molecule has 0 saturated heterocycles. The lowest BCUT2D eigenvalue weighted by Gasteiger charge is -2.53. The highest BCUT2D eigenvalue weighted by atomic mass is 28.5. The Balaban J connectivity index is 2.83. The predicted octanol–water partition coefficient (Wildman–Crippen LogP) is 1.38. The van der Waals surface area contributed by atoms with Gasteiger partial charge in [0.15, 0.2) is 4.28 Å². The lowest BCUT2D eigenvalue weighted by Crippen LogP contribution is -2.80. The molecule has 0 unspecified atom stereocenters. The number of carbonyl (C=O) groups is 2. The summed E-state index contributed by atoms with van der Waals surface area (Å²) in [6.07, 6.45) is 0.468. The van der Waals surface area contributed by atoms with E-state index in [2.05, 4.69) is 0 Å². The molecule has 0 aliphatic carbocycles. The van der Waals surface area contributed by atoms with Crippen molar-refractivity contribution < 1.29 is 54.2 Å². The summed E-state index contributed by atoms with van der Waals surface area (Å²) < 4.78 is 57.1. The second-order valence-corrected chi connectivity index (χ2v) is 18.5. The molecule has 198 valence electrons. The second kappa shape index (κ2) is 11.8. The summed E-state index contributed by atoms with van der Waals surface area (Å²) in [5.41, 5.74) is 1.11. The van der Waals surface area contributed by atoms with Gasteiger partial charge in [-0.15, -0.1) is 0 Å². The molecule has 0 bridgehead atoms. The zero-order valence-corrected chi connectivity index (χ0v) is 24.5. The summed E-state index contributed by atoms with van der Waals surface area (Å²) in [6, 6.07) is 4.88. The van der Waals surface area contributed by atoms with Gasteiger partial charge >= 0.3 is 38.4 Å². The van der Waals surface area contributed by atoms with Crippen LogP contribution in [0.15, 0.2) is 18.2 Å². The van der Waals surface area contributed by atoms with Crippen molar-refractivity contribution in [3.8, 4) is 0 Å². The van der Waals surface area contributed by atoms with Crippen molar-refractivity contribution in [2.75, 3.05) is 64.0 Å². The fourth-order valence-electron chi connectivity index (χ4n) is 4.96. The fraction of sp³-hybridized carbons (Fsp3) is 0.600. The molecule has 35 heavy (non-hydrogen) atoms. The first-order valence-corrected chi connectivity index (χ1v) is 15.7. The van der Waals surface area contributed by atoms with E-state index in [0.717, 1.165) is 0 Å². The van der Waals surface area contributed by atoms with Crippen LogP contribution in [0.2, 0.25) is 4.28 Å². The Kier molecular flexibility index (Phi) is 10.1. The Labute approximate surface area is 208 Å². The van der Waals surface area contributed by atoms with E-state index in [9.17, 15) is 9.59 Å². The first-order valence-electron chi connectivity index (χ1n) is 10.5. The number of esters is 2. The van der Waals surface area contributed by atoms with Crippen LogP contribution in [0.25, 0.3) is 0 Å². The summed E-state index contributed by atoms with van der Waals surface area (Å²) in [7, 11) is 1.45. The third-order valence-electron chi connectivity index (χ3n) is 6.48. The number of fused-ring (bicyclic) bond motifs is 1. The maximum absolute atomic E-state index is 12.1. The topological polar surface area (TPSA) is 126 Å². The molecule has 0 amide bonds. The molecular formula is C20H34O12Si3. The van der Waals surface area contributed by atoms with Gasteiger partial charge in [-0.25, -0.2) is 9.59 Å². The highest BCUT2D eigenvalue weighted by molar-refractivity contribution is 7.02. The van der Waals surface area contributed by atoms with Gasteiger partial charge in [-0.1, -0.05) is 6.07 Å². The number of aryl methyl sites for hydroxylation is 1. The molecule has 0 radical (unpaired) electrons. The van der Waals surface area contributed by atoms with Crippen molar-refractivity contribution in [1.82, 2.24) is 0 Å². The smallest absolute Gasteiger partial charge is 0.386 e. The molecule has 0 saturated carbocycles. The normalized spacial score (nSPS) is 14.9. The maximum atomic E-state index is 12.1. The van der Waals surface area contributed by atoms with Crippen LogP contribution >= 0.6 is 0 Å². The summed E-state index contributed by atoms with van der Waals surface area (Å²) >= 11 is 0. The summed E-state index contributed by atoms with van der Waals surface area (Å²) in [5, 5.41) is 0. The number of rotatable bonds is 15. The summed E-state index contributed by atoms with van der Waals surface area (Å²) in [5.74, 6) is -1.37. The van der Waals surface area contributed by atoms with E-state index in [4.69, 9.17) is 44.6 Å². The van der Waals surface area contributed by atoms with Crippen LogP contribution in [0.1, 0.15) is 32.7 Å². The van der Waals surface area contributed by atoms with Crippen LogP contribution in [0.5, 0.6) is 0 Å². The average molecular weight is 551 g/mol. The highest BCUT2D eigenvalue weighted by Crippen LogP contribution is 2.58. The van der Waals surface area contributed by atoms with Crippen molar-refractivity contribution in [2.45, 2.75) is 17.1 Å². The van der Waals surface area contributed by atoms with E-state index in [1.807, 2.05) is 0 Å². The third-order valence-corrected chi connectivity index (χ3v) is 20.7. The maximum Gasteiger partial charge on any atom is 0.515 e. The minimum absolute atomic E-state index is 0.167. The minimum Gasteiger partial charge on any atom is -0.386 e. The van der Waals surface area contributed by atoms with E-state index in [-0.39, 0.29) is 17.5 Å². The Morgan fingerprint density at radius 3 is 1.37 bits per heavy atom. The summed E-state index contributed by atoms with van der Waals surface area (Å²) in [4.78, 5) is 24.0. The average Bonchev–Trinajstić information content (AvgIpc) is 3.18. The van der Waals surface area contributed by atoms with Crippen LogP contribution in [0.3, 0.4) is 0 Å². The van der Waals surface area contributed by atoms with Crippen LogP contribution in [-0.4, -0.2) is 102 Å². The monoisotopic (exact) mass is 550 g/mol. The van der Waals surface area contributed by atoms with Crippen LogP contribution in [0, 0.1) is 0 Å². The Bertz CT molecular complexity index is 824. The van der Waals surface area contributed by atoms with Gasteiger partial charge in [0.05, 0.1) is 11.1 Å². The number of carbonyl (C=O) groups excluding carboxylic acids is 2. The van der Waals surface area contributed by atoms with Gasteiger partial charge in [0, 0.05) is 64.0 Å². The largest absolute Gasteiger partial charge is 0.515 e. The molecule has 0 aromatic heterocycles. The molecule has 2 rings (SSSR count). The first-order chi connectivity index (χ1) is 16.7. The molecule has 0 atom stereocenters. The molecule has 0 spiro atoms. The first kappa shape index (κ1) is 29.9. The number of cyclic esters (lactones) is 2. The molecule has 1 aromatic carbocycles. The molecular weight excluding hydrogens is 516 g/mol. The van der Waals surface area contributed by atoms with E-state index in [0.29, 0.717) is 12.0 Å². The van der Waals surface area contributed by atoms with E-state index in [1.54, 1.807) is 18.2 Å². The van der Waals surface area contributed by atoms with Gasteiger partial charge in [-0.05, 0) is 30.5 Å². The van der Waals surface area contributed by atoms with Crippen molar-refractivity contribution in [3.05, 3.63) is 34.9 Å². The van der Waals surface area contributed by atoms with Crippen LogP contribution in [0.4, 0.5) is 0 Å². The van der Waals surface area contributed by atoms with Gasteiger partial charge in [0.25, 0.3) is 0 Å². The standard InChI is InChI=1S/C20H34O12Si3/c1-23-33(24-2,25-3)20(34(26-4,27-5)28-6,35(29-7,30-8)31-9)13-12-15-10-11-16-17(14-15)19(22)32-18(16)21/h10-11,14H,12-13H2,1-9H3. The lowest BCUT2D eigenvalue weighted by molar-refractivity contribution is 0.0294. The van der Waals surface area contributed by atoms with Crippen molar-refractivity contribution in [2.24, 2.45) is 0 Å². The Hall–Kier alpha value is -1.35. The molecule has 1 aliphatic rings. The quantitative estimate of drug-likeness (QED) is 0.178. The Morgan fingerprint density at radius 2 is 1.00 bits per heavy atom. The minimum atomic E-state index is -3.86. The molecule has 1 heterocycles. The van der Waals surface area contributed by atoms with Gasteiger partial charge in [0.2, 0.25) is 0 Å². The molecule has 15 heteroatoms. The Morgan fingerprint density at radius 1 is 0.629 bits per heavy atom. The fourth-order valence-corrected chi connectivity index (χ4v) is 20.9. The zero-order chi connectivity index (χ0) is 26.5. The lowest BCUT2D eigenvalue weighted by atomic mass is 10.0. The van der Waals surface area contributed by atoms with Crippen molar-refractivity contribution in [1.29, 1.82) is 0 Å². The third kappa shape index (κ3) is 4.38. The van der Waals surface area contributed by atoms with Crippen LogP contribution in [-0.2, 0) is 51.0 Å². The van der Waals surface area contributed by atoms with Crippen molar-refractivity contribution in [3.63, 3.8) is 0 Å². The summed E-state index contributed by atoms with van der Waals surface area (Å²) in [6.45, 7) is 0. The van der Waals surface area contributed by atoms with Gasteiger partial charge < -0.3 is 44.6 Å². The SMILES string of the molecule is CO[Si](OC)(OC)C(CCc1ccc2c(c1)C(=O)OC2=O)([Si](OC)(OC)OC)[Si](OC)(OC)OC. The van der Waals surface area contributed by atoms with Crippen molar-refractivity contribution >= 4 is 38.4 Å². The number of hydrogen-bond donors (Lipinski definition) is 0. The molecule has 12 nitrogen and oxygen atoms in total. The number of hydrogen-bond acceptors (Lipinski definition) is 12. The molecule has 0 fully saturated rings. The van der Waals surface area contributed by atoms with Gasteiger partial charge in [-0.2, -0.15) is 0 Å². The predicted molar refractivity (Wildman–Crippen MR) is 128 cm³/mol. The van der Waals surface area contributed by atoms with E-state index < -0.39 is 42.6 Å². The van der Waals surface area contributed by atoms with Crippen LogP contribution < -0.4 is 0 Å². The molecule has 1 aromatic rings. The van der Waals surface area contributed by atoms with E-state index >= 15 is 0 Å². The zero-order valence-electron chi connectivity index (χ0n) is 21.5. The number of benzene rings is 1. The molecule has 0 N–H and O–H groups in total. The highest BCUT2D eigenvalue weighted by Gasteiger charge is 2.88. The van der Waals surface area contributed by atoms with Gasteiger partial charge in [0.1, 0.15) is 0 Å².